The summed E-state index contributed by atoms with van der Waals surface area (Å²) < 4.78 is 0. The van der Waals surface area contributed by atoms with E-state index in [-0.39, 0.29) is 11.8 Å². The van der Waals surface area contributed by atoms with Crippen LogP contribution in [0.1, 0.15) is 26.0 Å². The van der Waals surface area contributed by atoms with Crippen molar-refractivity contribution in [2.45, 2.75) is 32.9 Å². The van der Waals surface area contributed by atoms with E-state index in [1.807, 2.05) is 13.8 Å². The molecule has 0 bridgehead atoms. The number of hydrogen-bond donors (Lipinski definition) is 2. The average Bonchev–Trinajstić information content (AvgIpc) is 2.35. The number of nitrogens with two attached hydrogens (primary N) is 1. The molecular formula is C11H18N4O. The maximum Gasteiger partial charge on any atom is 0.237 e. The van der Waals surface area contributed by atoms with Gasteiger partial charge in [-0.05, 0) is 12.0 Å². The molecule has 0 spiro atoms. The van der Waals surface area contributed by atoms with Crippen molar-refractivity contribution in [3.8, 4) is 0 Å². The largest absolute Gasteiger partial charge is 0.349 e. The predicted octanol–water partition coefficient (Wildman–Crippen LogP) is 0.466. The van der Waals surface area contributed by atoms with Crippen molar-refractivity contribution in [1.82, 2.24) is 15.3 Å². The standard InChI is InChI=1S/C11H18N4O/c1-3-8(2)10(12)11(16)14-6-9-4-5-13-7-15-9/h4-5,7-8,10H,3,6,12H2,1-2H3,(H,14,16)/t8?,10-/m0/s1. The minimum absolute atomic E-state index is 0.132. The van der Waals surface area contributed by atoms with Crippen LogP contribution in [-0.2, 0) is 11.3 Å². The Kier molecular flexibility index (Phi) is 4.85. The van der Waals surface area contributed by atoms with Crippen molar-refractivity contribution in [1.29, 1.82) is 0 Å². The molecule has 3 N–H and O–H groups in total. The summed E-state index contributed by atoms with van der Waals surface area (Å²) >= 11 is 0. The van der Waals surface area contributed by atoms with E-state index in [9.17, 15) is 4.79 Å². The van der Waals surface area contributed by atoms with Crippen LogP contribution >= 0.6 is 0 Å². The maximum atomic E-state index is 11.6. The van der Waals surface area contributed by atoms with Gasteiger partial charge in [0, 0.05) is 6.20 Å². The van der Waals surface area contributed by atoms with Gasteiger partial charge in [-0.2, -0.15) is 0 Å². The monoisotopic (exact) mass is 222 g/mol. The lowest BCUT2D eigenvalue weighted by molar-refractivity contribution is -0.123. The normalized spacial score (nSPS) is 14.2. The van der Waals surface area contributed by atoms with Gasteiger partial charge in [0.1, 0.15) is 6.33 Å². The Hall–Kier alpha value is -1.49. The van der Waals surface area contributed by atoms with E-state index in [1.165, 1.54) is 6.33 Å². The van der Waals surface area contributed by atoms with Crippen molar-refractivity contribution < 1.29 is 4.79 Å². The third-order valence-corrected chi connectivity index (χ3v) is 2.65. The van der Waals surface area contributed by atoms with Crippen LogP contribution < -0.4 is 11.1 Å². The van der Waals surface area contributed by atoms with Crippen molar-refractivity contribution >= 4 is 5.91 Å². The number of nitrogens with zero attached hydrogens (tertiary/aromatic N) is 2. The smallest absolute Gasteiger partial charge is 0.237 e. The van der Waals surface area contributed by atoms with Crippen molar-refractivity contribution in [3.63, 3.8) is 0 Å². The Morgan fingerprint density at radius 3 is 2.94 bits per heavy atom. The van der Waals surface area contributed by atoms with E-state index in [0.717, 1.165) is 12.1 Å². The highest BCUT2D eigenvalue weighted by Crippen LogP contribution is 2.05. The first-order valence-corrected chi connectivity index (χ1v) is 5.43. The number of rotatable bonds is 5. The average molecular weight is 222 g/mol. The van der Waals surface area contributed by atoms with Gasteiger partial charge in [0.15, 0.2) is 0 Å². The first kappa shape index (κ1) is 12.6. The van der Waals surface area contributed by atoms with Crippen molar-refractivity contribution in [3.05, 3.63) is 24.3 Å². The van der Waals surface area contributed by atoms with Gasteiger partial charge in [-0.25, -0.2) is 9.97 Å². The molecule has 1 aromatic heterocycles. The highest BCUT2D eigenvalue weighted by atomic mass is 16.2. The van der Waals surface area contributed by atoms with Gasteiger partial charge >= 0.3 is 0 Å². The lowest BCUT2D eigenvalue weighted by Crippen LogP contribution is -2.44. The molecule has 0 radical (unpaired) electrons. The number of amides is 1. The number of carbonyl (C=O) groups is 1. The third-order valence-electron chi connectivity index (χ3n) is 2.65. The van der Waals surface area contributed by atoms with Crippen LogP contribution in [0.4, 0.5) is 0 Å². The van der Waals surface area contributed by atoms with Crippen LogP contribution in [0.3, 0.4) is 0 Å². The summed E-state index contributed by atoms with van der Waals surface area (Å²) in [5.74, 6) is 0.0540. The molecule has 1 amide bonds. The minimum Gasteiger partial charge on any atom is -0.349 e. The van der Waals surface area contributed by atoms with Gasteiger partial charge in [0.2, 0.25) is 5.91 Å². The summed E-state index contributed by atoms with van der Waals surface area (Å²) in [5.41, 5.74) is 6.57. The fourth-order valence-electron chi connectivity index (χ4n) is 1.23. The van der Waals surface area contributed by atoms with Gasteiger partial charge in [-0.3, -0.25) is 4.79 Å². The molecule has 0 aromatic carbocycles. The second-order valence-corrected chi connectivity index (χ2v) is 3.83. The van der Waals surface area contributed by atoms with E-state index in [1.54, 1.807) is 12.3 Å². The van der Waals surface area contributed by atoms with E-state index in [0.29, 0.717) is 6.54 Å². The van der Waals surface area contributed by atoms with Gasteiger partial charge in [0.05, 0.1) is 18.3 Å². The molecule has 0 aliphatic rings. The molecule has 1 rings (SSSR count). The number of aromatic nitrogens is 2. The fourth-order valence-corrected chi connectivity index (χ4v) is 1.23. The Bertz CT molecular complexity index is 328. The molecule has 0 aliphatic heterocycles. The second-order valence-electron chi connectivity index (χ2n) is 3.83. The third kappa shape index (κ3) is 3.58. The van der Waals surface area contributed by atoms with Gasteiger partial charge in [0.25, 0.3) is 0 Å². The molecule has 5 heteroatoms. The first-order chi connectivity index (χ1) is 7.65. The van der Waals surface area contributed by atoms with Crippen LogP contribution in [0.15, 0.2) is 18.6 Å². The highest BCUT2D eigenvalue weighted by Gasteiger charge is 2.18. The Balaban J connectivity index is 2.41. The zero-order chi connectivity index (χ0) is 12.0. The zero-order valence-electron chi connectivity index (χ0n) is 9.68. The van der Waals surface area contributed by atoms with Crippen LogP contribution in [0.5, 0.6) is 0 Å². The SMILES string of the molecule is CCC(C)[C@H](N)C(=O)NCc1ccncn1. The van der Waals surface area contributed by atoms with Crippen LogP contribution in [-0.4, -0.2) is 21.9 Å². The van der Waals surface area contributed by atoms with Gasteiger partial charge < -0.3 is 11.1 Å². The summed E-state index contributed by atoms with van der Waals surface area (Å²) in [6.07, 6.45) is 3.99. The van der Waals surface area contributed by atoms with Crippen LogP contribution in [0, 0.1) is 5.92 Å². The summed E-state index contributed by atoms with van der Waals surface area (Å²) in [6.45, 7) is 4.38. The lowest BCUT2D eigenvalue weighted by Gasteiger charge is -2.17. The molecule has 5 nitrogen and oxygen atoms in total. The zero-order valence-corrected chi connectivity index (χ0v) is 9.68. The summed E-state index contributed by atoms with van der Waals surface area (Å²) in [7, 11) is 0. The Morgan fingerprint density at radius 2 is 2.38 bits per heavy atom. The summed E-state index contributed by atoms with van der Waals surface area (Å²) in [4.78, 5) is 19.4. The first-order valence-electron chi connectivity index (χ1n) is 5.43. The summed E-state index contributed by atoms with van der Waals surface area (Å²) in [5, 5.41) is 2.76. The molecular weight excluding hydrogens is 204 g/mol. The number of hydrogen-bond acceptors (Lipinski definition) is 4. The quantitative estimate of drug-likeness (QED) is 0.758. The van der Waals surface area contributed by atoms with Gasteiger partial charge in [-0.15, -0.1) is 0 Å². The van der Waals surface area contributed by atoms with Crippen LogP contribution in [0.25, 0.3) is 0 Å². The number of nitrogens with one attached hydrogen (secondary N) is 1. The molecule has 0 saturated heterocycles. The van der Waals surface area contributed by atoms with Crippen molar-refractivity contribution in [2.75, 3.05) is 0 Å². The Labute approximate surface area is 95.5 Å². The molecule has 16 heavy (non-hydrogen) atoms. The molecule has 1 unspecified atom stereocenters. The van der Waals surface area contributed by atoms with E-state index < -0.39 is 6.04 Å². The van der Waals surface area contributed by atoms with Gasteiger partial charge in [-0.1, -0.05) is 20.3 Å². The van der Waals surface area contributed by atoms with Crippen molar-refractivity contribution in [2.24, 2.45) is 11.7 Å². The molecule has 0 aliphatic carbocycles. The van der Waals surface area contributed by atoms with E-state index in [4.69, 9.17) is 5.73 Å². The molecule has 0 fully saturated rings. The highest BCUT2D eigenvalue weighted by molar-refractivity contribution is 5.81. The number of carbonyl (C=O) groups excluding carboxylic acids is 1. The minimum atomic E-state index is -0.452. The molecule has 2 atom stereocenters. The topological polar surface area (TPSA) is 80.9 Å². The fraction of sp³-hybridized carbons (Fsp3) is 0.545. The molecule has 0 saturated carbocycles. The molecule has 88 valence electrons. The van der Waals surface area contributed by atoms with Crippen LogP contribution in [0.2, 0.25) is 0 Å². The molecule has 1 heterocycles. The maximum absolute atomic E-state index is 11.6. The lowest BCUT2D eigenvalue weighted by atomic mass is 9.99. The van der Waals surface area contributed by atoms with E-state index >= 15 is 0 Å². The molecule has 1 aromatic rings. The summed E-state index contributed by atoms with van der Waals surface area (Å²) in [6, 6.07) is 1.31. The second kappa shape index (κ2) is 6.17. The predicted molar refractivity (Wildman–Crippen MR) is 61.3 cm³/mol. The van der Waals surface area contributed by atoms with E-state index in [2.05, 4.69) is 15.3 Å². The Morgan fingerprint density at radius 1 is 1.62 bits per heavy atom.